The number of ether oxygens (including phenoxy) is 2. The molecule has 2 saturated heterocycles. The molecule has 4 aliphatic carbocycles. The van der Waals surface area contributed by atoms with Gasteiger partial charge in [-0.25, -0.2) is 0 Å². The maximum Gasteiger partial charge on any atom is 0.0872 e. The second kappa shape index (κ2) is 13.3. The van der Waals surface area contributed by atoms with Crippen molar-refractivity contribution >= 4 is 0 Å². The molecule has 6 rings (SSSR count). The van der Waals surface area contributed by atoms with Gasteiger partial charge in [0.1, 0.15) is 0 Å². The first-order valence-corrected chi connectivity index (χ1v) is 18.0. The van der Waals surface area contributed by atoms with Crippen molar-refractivity contribution in [1.82, 2.24) is 0 Å². The zero-order valence-electron chi connectivity index (χ0n) is 25.3. The largest absolute Gasteiger partial charge is 0.369 e. The lowest BCUT2D eigenvalue weighted by atomic mass is 9.67. The third kappa shape index (κ3) is 6.86. The van der Waals surface area contributed by atoms with Crippen molar-refractivity contribution in [3.63, 3.8) is 0 Å². The Labute approximate surface area is 236 Å². The lowest BCUT2D eigenvalue weighted by Gasteiger charge is -2.37. The normalized spacial score (nSPS) is 47.5. The molecular weight excluding hydrogens is 464 g/mol. The number of unbranched alkanes of at least 4 members (excludes halogenated alkanes) is 2. The van der Waals surface area contributed by atoms with E-state index in [0.29, 0.717) is 24.4 Å². The van der Waals surface area contributed by atoms with Gasteiger partial charge in [0.25, 0.3) is 0 Å². The van der Waals surface area contributed by atoms with Crippen molar-refractivity contribution in [1.29, 1.82) is 0 Å². The number of rotatable bonds is 11. The van der Waals surface area contributed by atoms with Gasteiger partial charge in [0.15, 0.2) is 0 Å². The van der Waals surface area contributed by atoms with E-state index in [0.717, 1.165) is 47.3 Å². The van der Waals surface area contributed by atoms with E-state index < -0.39 is 0 Å². The Morgan fingerprint density at radius 1 is 0.368 bits per heavy atom. The Balaban J connectivity index is 0.850. The van der Waals surface area contributed by atoms with Gasteiger partial charge >= 0.3 is 0 Å². The van der Waals surface area contributed by atoms with E-state index in [1.165, 1.54) is 141 Å². The van der Waals surface area contributed by atoms with Gasteiger partial charge < -0.3 is 9.47 Å². The van der Waals surface area contributed by atoms with Crippen molar-refractivity contribution in [3.8, 4) is 0 Å². The Kier molecular flexibility index (Phi) is 9.80. The molecule has 0 spiro atoms. The molecule has 0 unspecified atom stereocenters. The Hall–Kier alpha value is -0.0800. The number of hydrogen-bond acceptors (Lipinski definition) is 2. The molecule has 2 heteroatoms. The quantitative estimate of drug-likeness (QED) is 0.198. The highest BCUT2D eigenvalue weighted by atomic mass is 16.6. The zero-order chi connectivity index (χ0) is 25.9. The number of hydrogen-bond donors (Lipinski definition) is 0. The highest BCUT2D eigenvalue weighted by Gasteiger charge is 2.52. The van der Waals surface area contributed by atoms with E-state index in [-0.39, 0.29) is 0 Å². The summed E-state index contributed by atoms with van der Waals surface area (Å²) < 4.78 is 12.8. The summed E-state index contributed by atoms with van der Waals surface area (Å²) in [4.78, 5) is 0. The molecule has 0 N–H and O–H groups in total. The minimum atomic E-state index is 0.648. The molecule has 4 atom stereocenters. The summed E-state index contributed by atoms with van der Waals surface area (Å²) in [5, 5.41) is 0. The second-order valence-corrected chi connectivity index (χ2v) is 15.3. The second-order valence-electron chi connectivity index (χ2n) is 15.3. The minimum Gasteiger partial charge on any atom is -0.369 e. The van der Waals surface area contributed by atoms with Crippen molar-refractivity contribution in [2.45, 2.75) is 180 Å². The van der Waals surface area contributed by atoms with Crippen LogP contribution in [0.3, 0.4) is 0 Å². The maximum atomic E-state index is 6.42. The van der Waals surface area contributed by atoms with E-state index in [9.17, 15) is 0 Å². The summed E-state index contributed by atoms with van der Waals surface area (Å²) in [6.45, 7) is 4.68. The molecule has 218 valence electrons. The van der Waals surface area contributed by atoms with Crippen LogP contribution in [-0.2, 0) is 9.47 Å². The predicted molar refractivity (Wildman–Crippen MR) is 158 cm³/mol. The summed E-state index contributed by atoms with van der Waals surface area (Å²) >= 11 is 0. The molecule has 2 heterocycles. The first-order chi connectivity index (χ1) is 18.7. The molecule has 0 radical (unpaired) electrons. The minimum absolute atomic E-state index is 0.648. The first-order valence-electron chi connectivity index (χ1n) is 18.0. The van der Waals surface area contributed by atoms with Gasteiger partial charge in [0.05, 0.1) is 24.4 Å². The monoisotopic (exact) mass is 526 g/mol. The fraction of sp³-hybridized carbons (Fsp3) is 1.00. The zero-order valence-corrected chi connectivity index (χ0v) is 25.3. The SMILES string of the molecule is CCCCCC1CCC([C@@H]2O[C@H]2C2CCC(C3CCC([C@@H]4O[C@H]4C4CCC(CCC)CC4)CC3)CC2)CC1. The number of epoxide rings is 2. The van der Waals surface area contributed by atoms with E-state index in [1.54, 1.807) is 0 Å². The van der Waals surface area contributed by atoms with Gasteiger partial charge in [-0.1, -0.05) is 78.1 Å². The van der Waals surface area contributed by atoms with Crippen molar-refractivity contribution in [2.24, 2.45) is 47.3 Å². The molecule has 0 aromatic carbocycles. The lowest BCUT2D eigenvalue weighted by molar-refractivity contribution is 0.126. The molecule has 6 fully saturated rings. The molecule has 6 aliphatic rings. The Morgan fingerprint density at radius 2 is 0.711 bits per heavy atom. The molecule has 0 amide bonds. The topological polar surface area (TPSA) is 25.1 Å². The van der Waals surface area contributed by atoms with Gasteiger partial charge in [0.2, 0.25) is 0 Å². The molecule has 2 aliphatic heterocycles. The van der Waals surface area contributed by atoms with Crippen LogP contribution < -0.4 is 0 Å². The van der Waals surface area contributed by atoms with Gasteiger partial charge in [-0.05, 0) is 124 Å². The van der Waals surface area contributed by atoms with E-state index >= 15 is 0 Å². The van der Waals surface area contributed by atoms with Crippen LogP contribution in [-0.4, -0.2) is 24.4 Å². The molecule has 4 saturated carbocycles. The van der Waals surface area contributed by atoms with Gasteiger partial charge in [-0.3, -0.25) is 0 Å². The summed E-state index contributed by atoms with van der Waals surface area (Å²) in [5.41, 5.74) is 0. The van der Waals surface area contributed by atoms with Gasteiger partial charge in [-0.2, -0.15) is 0 Å². The van der Waals surface area contributed by atoms with Crippen LogP contribution in [0.25, 0.3) is 0 Å². The van der Waals surface area contributed by atoms with Gasteiger partial charge in [-0.15, -0.1) is 0 Å². The highest BCUT2D eigenvalue weighted by molar-refractivity contribution is 5.00. The van der Waals surface area contributed by atoms with E-state index in [2.05, 4.69) is 13.8 Å². The summed E-state index contributed by atoms with van der Waals surface area (Å²) in [5.74, 6) is 7.68. The molecule has 0 aromatic heterocycles. The van der Waals surface area contributed by atoms with Crippen LogP contribution in [0.2, 0.25) is 0 Å². The van der Waals surface area contributed by atoms with Crippen molar-refractivity contribution in [3.05, 3.63) is 0 Å². The summed E-state index contributed by atoms with van der Waals surface area (Å²) in [6.07, 6.45) is 34.8. The highest BCUT2D eigenvalue weighted by Crippen LogP contribution is 2.51. The van der Waals surface area contributed by atoms with Crippen molar-refractivity contribution in [2.75, 3.05) is 0 Å². The Morgan fingerprint density at radius 3 is 1.08 bits per heavy atom. The smallest absolute Gasteiger partial charge is 0.0872 e. The fourth-order valence-electron chi connectivity index (χ4n) is 10.4. The Bertz CT molecular complexity index is 688. The first kappa shape index (κ1) is 28.1. The average Bonchev–Trinajstić information content (AvgIpc) is 3.90. The third-order valence-electron chi connectivity index (χ3n) is 13.0. The van der Waals surface area contributed by atoms with Crippen molar-refractivity contribution < 1.29 is 9.47 Å². The average molecular weight is 527 g/mol. The standard InChI is InChI=1S/C36H62O2/c1-3-5-6-8-26-11-15-30(16-12-26)34-36(38-34)32-23-19-28(20-24-32)27-17-21-31(22-18-27)35-33(37-35)29-13-9-25(7-4-2)10-14-29/h25-36H,3-24H2,1-2H3/t25?,26?,27?,28?,29?,30?,31?,32?,33-,34-,35-,36-/m0/s1. The predicted octanol–water partition coefficient (Wildman–Crippen LogP) is 10.1. The van der Waals surface area contributed by atoms with E-state index in [4.69, 9.17) is 9.47 Å². The van der Waals surface area contributed by atoms with Crippen LogP contribution in [0, 0.1) is 47.3 Å². The molecular formula is C36H62O2. The van der Waals surface area contributed by atoms with Crippen LogP contribution in [0.1, 0.15) is 155 Å². The van der Waals surface area contributed by atoms with Gasteiger partial charge in [0, 0.05) is 0 Å². The molecule has 0 aromatic rings. The summed E-state index contributed by atoms with van der Waals surface area (Å²) in [6, 6.07) is 0. The van der Waals surface area contributed by atoms with Crippen LogP contribution in [0.5, 0.6) is 0 Å². The molecule has 2 nitrogen and oxygen atoms in total. The lowest BCUT2D eigenvalue weighted by Crippen LogP contribution is -2.30. The summed E-state index contributed by atoms with van der Waals surface area (Å²) in [7, 11) is 0. The maximum absolute atomic E-state index is 6.42. The van der Waals surface area contributed by atoms with Crippen LogP contribution >= 0.6 is 0 Å². The third-order valence-corrected chi connectivity index (χ3v) is 13.0. The van der Waals surface area contributed by atoms with Crippen LogP contribution in [0.15, 0.2) is 0 Å². The molecule has 0 bridgehead atoms. The van der Waals surface area contributed by atoms with Crippen LogP contribution in [0.4, 0.5) is 0 Å². The van der Waals surface area contributed by atoms with E-state index in [1.807, 2.05) is 0 Å². The fourth-order valence-corrected chi connectivity index (χ4v) is 10.4. The molecule has 38 heavy (non-hydrogen) atoms.